The third-order valence-corrected chi connectivity index (χ3v) is 3.85. The lowest BCUT2D eigenvalue weighted by molar-refractivity contribution is 0.102. The number of aromatic nitrogens is 4. The molecule has 0 unspecified atom stereocenters. The molecule has 2 aromatic heterocycles. The molecule has 1 aliphatic carbocycles. The van der Waals surface area contributed by atoms with Gasteiger partial charge >= 0.3 is 0 Å². The van der Waals surface area contributed by atoms with Crippen molar-refractivity contribution in [1.82, 2.24) is 20.4 Å². The first-order valence-electron chi connectivity index (χ1n) is 7.13. The molecule has 0 saturated heterocycles. The van der Waals surface area contributed by atoms with Crippen LogP contribution in [0.1, 0.15) is 34.9 Å². The zero-order valence-electron chi connectivity index (χ0n) is 12.0. The molecule has 7 heteroatoms. The van der Waals surface area contributed by atoms with Gasteiger partial charge < -0.3 is 10.1 Å². The number of anilines is 1. The quantitative estimate of drug-likeness (QED) is 0.689. The number of amides is 1. The molecular formula is C15H15N5O2. The summed E-state index contributed by atoms with van der Waals surface area (Å²) in [4.78, 5) is 12.3. The molecular weight excluding hydrogens is 282 g/mol. The number of aromatic amines is 2. The number of nitrogens with zero attached hydrogens (tertiary/aromatic N) is 2. The van der Waals surface area contributed by atoms with Crippen LogP contribution in [0.15, 0.2) is 24.3 Å². The molecule has 1 fully saturated rings. The summed E-state index contributed by atoms with van der Waals surface area (Å²) in [6, 6.07) is 7.33. The molecule has 0 spiro atoms. The molecule has 3 N–H and O–H groups in total. The van der Waals surface area contributed by atoms with E-state index >= 15 is 0 Å². The number of carbonyl (C=O) groups excluding carboxylic acids is 1. The van der Waals surface area contributed by atoms with E-state index in [1.54, 1.807) is 7.11 Å². The van der Waals surface area contributed by atoms with Crippen LogP contribution in [0.5, 0.6) is 5.75 Å². The second-order valence-electron chi connectivity index (χ2n) is 5.42. The van der Waals surface area contributed by atoms with Gasteiger partial charge in [0.05, 0.1) is 12.6 Å². The van der Waals surface area contributed by atoms with Crippen LogP contribution in [0.25, 0.3) is 10.9 Å². The molecule has 0 atom stereocenters. The van der Waals surface area contributed by atoms with Gasteiger partial charge in [-0.25, -0.2) is 0 Å². The number of rotatable bonds is 4. The SMILES string of the molecule is COc1ccc2[nH]nc(NC(=O)c3cc(C4CC4)[nH]n3)c2c1. The molecule has 1 aliphatic rings. The number of methoxy groups -OCH3 is 1. The molecule has 2 heterocycles. The van der Waals surface area contributed by atoms with Crippen molar-refractivity contribution < 1.29 is 9.53 Å². The van der Waals surface area contributed by atoms with Crippen molar-refractivity contribution in [3.8, 4) is 5.75 Å². The summed E-state index contributed by atoms with van der Waals surface area (Å²) >= 11 is 0. The Morgan fingerprint density at radius 2 is 2.14 bits per heavy atom. The summed E-state index contributed by atoms with van der Waals surface area (Å²) in [6.07, 6.45) is 2.32. The minimum Gasteiger partial charge on any atom is -0.497 e. The van der Waals surface area contributed by atoms with Crippen molar-refractivity contribution in [1.29, 1.82) is 0 Å². The van der Waals surface area contributed by atoms with Crippen LogP contribution in [0.4, 0.5) is 5.82 Å². The maximum absolute atomic E-state index is 12.3. The number of fused-ring (bicyclic) bond motifs is 1. The van der Waals surface area contributed by atoms with Gasteiger partial charge in [0.15, 0.2) is 11.5 Å². The topological polar surface area (TPSA) is 95.7 Å². The highest BCUT2D eigenvalue weighted by Gasteiger charge is 2.26. The number of hydrogen-bond acceptors (Lipinski definition) is 4. The van der Waals surface area contributed by atoms with Crippen molar-refractivity contribution in [3.05, 3.63) is 35.7 Å². The standard InChI is InChI=1S/C15H15N5O2/c1-22-9-4-5-11-10(6-9)14(20-17-11)16-15(21)13-7-12(18-19-13)8-2-3-8/h4-8H,2-3H2,1H3,(H,18,19)(H2,16,17,20,21). The highest BCUT2D eigenvalue weighted by Crippen LogP contribution is 2.39. The minimum absolute atomic E-state index is 0.278. The smallest absolute Gasteiger partial charge is 0.277 e. The highest BCUT2D eigenvalue weighted by molar-refractivity contribution is 6.07. The molecule has 3 aromatic rings. The van der Waals surface area contributed by atoms with Gasteiger partial charge in [0, 0.05) is 17.0 Å². The Balaban J connectivity index is 1.60. The number of nitrogens with one attached hydrogen (secondary N) is 3. The lowest BCUT2D eigenvalue weighted by atomic mass is 10.2. The molecule has 22 heavy (non-hydrogen) atoms. The van der Waals surface area contributed by atoms with Gasteiger partial charge in [-0.15, -0.1) is 0 Å². The van der Waals surface area contributed by atoms with Crippen LogP contribution < -0.4 is 10.1 Å². The average Bonchev–Trinajstić information content (AvgIpc) is 3.14. The monoisotopic (exact) mass is 297 g/mol. The largest absolute Gasteiger partial charge is 0.497 e. The number of carbonyl (C=O) groups is 1. The Kier molecular flexibility index (Phi) is 2.85. The molecule has 0 aliphatic heterocycles. The second kappa shape index (κ2) is 4.87. The van der Waals surface area contributed by atoms with Crippen LogP contribution in [0.2, 0.25) is 0 Å². The molecule has 1 saturated carbocycles. The summed E-state index contributed by atoms with van der Waals surface area (Å²) in [7, 11) is 1.60. The van der Waals surface area contributed by atoms with Crippen molar-refractivity contribution in [2.75, 3.05) is 12.4 Å². The van der Waals surface area contributed by atoms with E-state index < -0.39 is 0 Å². The van der Waals surface area contributed by atoms with E-state index in [4.69, 9.17) is 4.74 Å². The minimum atomic E-state index is -0.278. The zero-order chi connectivity index (χ0) is 15.1. The number of ether oxygens (including phenoxy) is 1. The van der Waals surface area contributed by atoms with Gasteiger partial charge in [0.25, 0.3) is 5.91 Å². The van der Waals surface area contributed by atoms with Gasteiger partial charge in [-0.3, -0.25) is 15.0 Å². The predicted octanol–water partition coefficient (Wildman–Crippen LogP) is 2.42. The molecule has 4 rings (SSSR count). The summed E-state index contributed by atoms with van der Waals surface area (Å²) < 4.78 is 5.20. The van der Waals surface area contributed by atoms with Crippen LogP contribution in [0, 0.1) is 0 Å². The Morgan fingerprint density at radius 3 is 2.91 bits per heavy atom. The van der Waals surface area contributed by atoms with Crippen molar-refractivity contribution in [2.24, 2.45) is 0 Å². The molecule has 7 nitrogen and oxygen atoms in total. The summed E-state index contributed by atoms with van der Waals surface area (Å²) in [6.45, 7) is 0. The van der Waals surface area contributed by atoms with Crippen LogP contribution in [-0.2, 0) is 0 Å². The Morgan fingerprint density at radius 1 is 1.27 bits per heavy atom. The Bertz CT molecular complexity index is 847. The zero-order valence-corrected chi connectivity index (χ0v) is 12.0. The van der Waals surface area contributed by atoms with E-state index in [0.29, 0.717) is 23.2 Å². The van der Waals surface area contributed by atoms with E-state index in [2.05, 4.69) is 25.7 Å². The normalized spacial score (nSPS) is 14.2. The maximum Gasteiger partial charge on any atom is 0.277 e. The van der Waals surface area contributed by atoms with E-state index in [1.807, 2.05) is 24.3 Å². The third kappa shape index (κ3) is 2.20. The first kappa shape index (κ1) is 12.9. The summed E-state index contributed by atoms with van der Waals surface area (Å²) in [5.74, 6) is 1.43. The van der Waals surface area contributed by atoms with E-state index in [1.165, 1.54) is 0 Å². The molecule has 112 valence electrons. The van der Waals surface area contributed by atoms with E-state index in [0.717, 1.165) is 29.4 Å². The Hall–Kier alpha value is -2.83. The first-order chi connectivity index (χ1) is 10.7. The predicted molar refractivity (Wildman–Crippen MR) is 81.2 cm³/mol. The van der Waals surface area contributed by atoms with Crippen molar-refractivity contribution in [2.45, 2.75) is 18.8 Å². The van der Waals surface area contributed by atoms with Crippen LogP contribution in [0.3, 0.4) is 0 Å². The number of benzene rings is 1. The van der Waals surface area contributed by atoms with Gasteiger partial charge in [-0.1, -0.05) is 0 Å². The Labute approximate surface area is 126 Å². The first-order valence-corrected chi connectivity index (χ1v) is 7.13. The van der Waals surface area contributed by atoms with Gasteiger partial charge in [-0.05, 0) is 37.1 Å². The fourth-order valence-electron chi connectivity index (χ4n) is 2.44. The molecule has 1 aromatic carbocycles. The van der Waals surface area contributed by atoms with Gasteiger partial charge in [0.2, 0.25) is 0 Å². The van der Waals surface area contributed by atoms with Crippen molar-refractivity contribution in [3.63, 3.8) is 0 Å². The lowest BCUT2D eigenvalue weighted by Gasteiger charge is -2.01. The molecule has 0 bridgehead atoms. The third-order valence-electron chi connectivity index (χ3n) is 3.85. The lowest BCUT2D eigenvalue weighted by Crippen LogP contribution is -2.12. The highest BCUT2D eigenvalue weighted by atomic mass is 16.5. The number of hydrogen-bond donors (Lipinski definition) is 3. The van der Waals surface area contributed by atoms with Crippen molar-refractivity contribution >= 4 is 22.6 Å². The summed E-state index contributed by atoms with van der Waals surface area (Å²) in [5, 5.41) is 17.6. The van der Waals surface area contributed by atoms with Crippen LogP contribution in [-0.4, -0.2) is 33.4 Å². The van der Waals surface area contributed by atoms with E-state index in [-0.39, 0.29) is 5.91 Å². The van der Waals surface area contributed by atoms with Gasteiger partial charge in [0.1, 0.15) is 5.75 Å². The van der Waals surface area contributed by atoms with E-state index in [9.17, 15) is 4.79 Å². The fraction of sp³-hybridized carbons (Fsp3) is 0.267. The molecule has 0 radical (unpaired) electrons. The second-order valence-corrected chi connectivity index (χ2v) is 5.42. The average molecular weight is 297 g/mol. The van der Waals surface area contributed by atoms with Crippen LogP contribution >= 0.6 is 0 Å². The molecule has 1 amide bonds. The van der Waals surface area contributed by atoms with Gasteiger partial charge in [-0.2, -0.15) is 10.2 Å². The fourth-order valence-corrected chi connectivity index (χ4v) is 2.44. The summed E-state index contributed by atoms with van der Waals surface area (Å²) in [5.41, 5.74) is 2.23. The maximum atomic E-state index is 12.3. The number of H-pyrrole nitrogens is 2.